The van der Waals surface area contributed by atoms with Gasteiger partial charge in [0.05, 0.1) is 17.7 Å². The van der Waals surface area contributed by atoms with Gasteiger partial charge in [-0.05, 0) is 43.9 Å². The minimum absolute atomic E-state index is 0.0444. The van der Waals surface area contributed by atoms with E-state index in [2.05, 4.69) is 20.8 Å². The number of ether oxygens (including phenoxy) is 1. The molecule has 0 saturated carbocycles. The standard InChI is InChI=1S/C28H31N7O6/c1-16(29)33-34-25(30)18-10-8-17(9-11-18)15-31-22(36)7-2-3-14-41-21-6-4-5-19-24(21)28(40)35(27(19)39)20-12-13-23(37)32-26(20)38/h4-6,8-11,20H,2-3,7,12-15H2,1H3,(H2,29,33)(H2,30,34)(H,31,36)(H,32,37,38). The molecule has 2 heterocycles. The van der Waals surface area contributed by atoms with Gasteiger partial charge in [-0.1, -0.05) is 30.3 Å². The van der Waals surface area contributed by atoms with E-state index in [1.807, 2.05) is 12.1 Å². The third-order valence-corrected chi connectivity index (χ3v) is 6.54. The first kappa shape index (κ1) is 28.9. The van der Waals surface area contributed by atoms with E-state index in [9.17, 15) is 24.0 Å². The van der Waals surface area contributed by atoms with Gasteiger partial charge in [0.1, 0.15) is 17.6 Å². The van der Waals surface area contributed by atoms with Crippen molar-refractivity contribution in [3.8, 4) is 5.75 Å². The lowest BCUT2D eigenvalue weighted by Crippen LogP contribution is -2.54. The maximum Gasteiger partial charge on any atom is 0.266 e. The van der Waals surface area contributed by atoms with Crippen LogP contribution in [0.3, 0.4) is 0 Å². The zero-order chi connectivity index (χ0) is 29.5. The van der Waals surface area contributed by atoms with E-state index in [1.54, 1.807) is 31.2 Å². The van der Waals surface area contributed by atoms with Crippen LogP contribution in [0.1, 0.15) is 70.9 Å². The number of nitrogens with two attached hydrogens (primary N) is 2. The number of nitrogens with one attached hydrogen (secondary N) is 2. The molecule has 1 fully saturated rings. The number of amidine groups is 2. The molecule has 5 amide bonds. The van der Waals surface area contributed by atoms with E-state index in [0.717, 1.165) is 10.5 Å². The van der Waals surface area contributed by atoms with Gasteiger partial charge in [-0.2, -0.15) is 0 Å². The van der Waals surface area contributed by atoms with E-state index in [-0.39, 0.29) is 54.5 Å². The molecule has 0 radical (unpaired) electrons. The highest BCUT2D eigenvalue weighted by atomic mass is 16.5. The summed E-state index contributed by atoms with van der Waals surface area (Å²) < 4.78 is 5.80. The molecule has 41 heavy (non-hydrogen) atoms. The Bertz CT molecular complexity index is 1430. The number of piperidine rings is 1. The Kier molecular flexibility index (Phi) is 9.07. The molecule has 0 aliphatic carbocycles. The number of rotatable bonds is 11. The Balaban J connectivity index is 1.22. The minimum Gasteiger partial charge on any atom is -0.493 e. The molecule has 4 rings (SSSR count). The van der Waals surface area contributed by atoms with Crippen LogP contribution in [0.25, 0.3) is 0 Å². The van der Waals surface area contributed by atoms with Crippen molar-refractivity contribution in [3.63, 3.8) is 0 Å². The minimum atomic E-state index is -1.04. The van der Waals surface area contributed by atoms with Crippen molar-refractivity contribution in [1.82, 2.24) is 15.5 Å². The summed E-state index contributed by atoms with van der Waals surface area (Å²) in [7, 11) is 0. The highest BCUT2D eigenvalue weighted by Gasteiger charge is 2.45. The molecule has 0 spiro atoms. The first-order chi connectivity index (χ1) is 19.7. The number of carbonyl (C=O) groups excluding carboxylic acids is 5. The third kappa shape index (κ3) is 6.93. The summed E-state index contributed by atoms with van der Waals surface area (Å²) in [4.78, 5) is 62.9. The highest BCUT2D eigenvalue weighted by Crippen LogP contribution is 2.33. The van der Waals surface area contributed by atoms with Gasteiger partial charge >= 0.3 is 0 Å². The van der Waals surface area contributed by atoms with Crippen molar-refractivity contribution < 1.29 is 28.7 Å². The number of nitrogens with zero attached hydrogens (tertiary/aromatic N) is 3. The van der Waals surface area contributed by atoms with Crippen molar-refractivity contribution in [2.24, 2.45) is 21.7 Å². The number of amides is 5. The van der Waals surface area contributed by atoms with Crippen molar-refractivity contribution in [2.75, 3.05) is 6.61 Å². The zero-order valence-electron chi connectivity index (χ0n) is 22.5. The van der Waals surface area contributed by atoms with E-state index in [1.165, 1.54) is 6.07 Å². The SMILES string of the molecule is C/C(N)=N/N=C(\N)c1ccc(CNC(=O)CCCCOc2cccc3c2C(=O)N(C2CCC(=O)NC2=O)C3=O)cc1. The van der Waals surface area contributed by atoms with Gasteiger partial charge < -0.3 is 21.5 Å². The fraction of sp³-hybridized carbons (Fsp3) is 0.321. The molecule has 0 aromatic heterocycles. The molecule has 214 valence electrons. The molecule has 1 unspecified atom stereocenters. The first-order valence-corrected chi connectivity index (χ1v) is 13.1. The normalized spacial score (nSPS) is 17.4. The van der Waals surface area contributed by atoms with Crippen LogP contribution >= 0.6 is 0 Å². The summed E-state index contributed by atoms with van der Waals surface area (Å²) in [5.41, 5.74) is 13.1. The topological polar surface area (TPSA) is 199 Å². The molecule has 0 bridgehead atoms. The summed E-state index contributed by atoms with van der Waals surface area (Å²) in [5.74, 6) is -1.68. The summed E-state index contributed by atoms with van der Waals surface area (Å²) in [6.07, 6.45) is 1.48. The average Bonchev–Trinajstić information content (AvgIpc) is 3.20. The molecule has 13 heteroatoms. The number of hydrogen-bond donors (Lipinski definition) is 4. The van der Waals surface area contributed by atoms with Crippen molar-refractivity contribution in [2.45, 2.75) is 51.6 Å². The van der Waals surface area contributed by atoms with E-state index in [4.69, 9.17) is 16.2 Å². The van der Waals surface area contributed by atoms with E-state index < -0.39 is 29.7 Å². The predicted octanol–water partition coefficient (Wildman–Crippen LogP) is 0.951. The summed E-state index contributed by atoms with van der Waals surface area (Å²) in [6.45, 7) is 2.18. The zero-order valence-corrected chi connectivity index (χ0v) is 22.5. The van der Waals surface area contributed by atoms with Crippen molar-refractivity contribution in [1.29, 1.82) is 0 Å². The lowest BCUT2D eigenvalue weighted by Gasteiger charge is -2.27. The Morgan fingerprint density at radius 1 is 1.05 bits per heavy atom. The Labute approximate surface area is 236 Å². The van der Waals surface area contributed by atoms with Gasteiger partial charge in [-0.3, -0.25) is 34.2 Å². The predicted molar refractivity (Wildman–Crippen MR) is 149 cm³/mol. The van der Waals surface area contributed by atoms with Crippen LogP contribution in [0.5, 0.6) is 5.75 Å². The van der Waals surface area contributed by atoms with Crippen LogP contribution in [-0.2, 0) is 20.9 Å². The largest absolute Gasteiger partial charge is 0.493 e. The highest BCUT2D eigenvalue weighted by molar-refractivity contribution is 6.24. The van der Waals surface area contributed by atoms with Crippen molar-refractivity contribution in [3.05, 3.63) is 64.7 Å². The maximum absolute atomic E-state index is 13.1. The molecule has 6 N–H and O–H groups in total. The molecule has 1 saturated heterocycles. The smallest absolute Gasteiger partial charge is 0.266 e. The van der Waals surface area contributed by atoms with Crippen LogP contribution in [-0.4, -0.2) is 58.8 Å². The van der Waals surface area contributed by atoms with Crippen molar-refractivity contribution >= 4 is 41.2 Å². The molecule has 1 atom stereocenters. The van der Waals surface area contributed by atoms with Gasteiger partial charge in [0, 0.05) is 24.9 Å². The molecule has 2 aromatic carbocycles. The Morgan fingerprint density at radius 3 is 2.51 bits per heavy atom. The lowest BCUT2D eigenvalue weighted by molar-refractivity contribution is -0.136. The van der Waals surface area contributed by atoms with Gasteiger partial charge in [0.2, 0.25) is 17.7 Å². The number of carbonyl (C=O) groups is 5. The number of fused-ring (bicyclic) bond motifs is 1. The Morgan fingerprint density at radius 2 is 1.80 bits per heavy atom. The molecule has 2 aliphatic heterocycles. The van der Waals surface area contributed by atoms with Crippen LogP contribution < -0.4 is 26.8 Å². The third-order valence-electron chi connectivity index (χ3n) is 6.54. The lowest BCUT2D eigenvalue weighted by atomic mass is 10.0. The molecule has 2 aromatic rings. The second kappa shape index (κ2) is 12.9. The van der Waals surface area contributed by atoms with Gasteiger partial charge in [0.15, 0.2) is 5.84 Å². The van der Waals surface area contributed by atoms with Crippen LogP contribution in [0, 0.1) is 0 Å². The second-order valence-corrected chi connectivity index (χ2v) is 9.63. The molecule has 13 nitrogen and oxygen atoms in total. The monoisotopic (exact) mass is 561 g/mol. The van der Waals surface area contributed by atoms with Gasteiger partial charge in [-0.25, -0.2) is 0 Å². The number of hydrogen-bond acceptors (Lipinski definition) is 8. The van der Waals surface area contributed by atoms with Crippen LogP contribution in [0.4, 0.5) is 0 Å². The van der Waals surface area contributed by atoms with Gasteiger partial charge in [-0.15, -0.1) is 10.2 Å². The maximum atomic E-state index is 13.1. The van der Waals surface area contributed by atoms with Gasteiger partial charge in [0.25, 0.3) is 11.8 Å². The van der Waals surface area contributed by atoms with E-state index in [0.29, 0.717) is 30.8 Å². The summed E-state index contributed by atoms with van der Waals surface area (Å²) in [6, 6.07) is 10.9. The fourth-order valence-corrected chi connectivity index (χ4v) is 4.45. The number of imide groups is 2. The van der Waals surface area contributed by atoms with E-state index >= 15 is 0 Å². The number of unbranched alkanes of at least 4 members (excludes halogenated alkanes) is 1. The molecule has 2 aliphatic rings. The van der Waals surface area contributed by atoms with Crippen LogP contribution in [0.2, 0.25) is 0 Å². The second-order valence-electron chi connectivity index (χ2n) is 9.63. The summed E-state index contributed by atoms with van der Waals surface area (Å²) >= 11 is 0. The first-order valence-electron chi connectivity index (χ1n) is 13.1. The van der Waals surface area contributed by atoms with Crippen LogP contribution in [0.15, 0.2) is 52.7 Å². The quantitative estimate of drug-likeness (QED) is 0.102. The Hall–Kier alpha value is -5.07. The molecular weight excluding hydrogens is 530 g/mol. The molecular formula is C28H31N7O6. The summed E-state index contributed by atoms with van der Waals surface area (Å²) in [5, 5.41) is 12.6. The average molecular weight is 562 g/mol. The number of benzene rings is 2. The fourth-order valence-electron chi connectivity index (χ4n) is 4.45.